The maximum absolute atomic E-state index is 6.29. The molecular formula is C20H25N7OS. The Hall–Kier alpha value is -2.39. The lowest BCUT2D eigenvalue weighted by molar-refractivity contribution is 0.143. The van der Waals surface area contributed by atoms with Crippen LogP contribution >= 0.6 is 11.9 Å². The molecule has 0 spiro atoms. The molecule has 1 aliphatic carbocycles. The summed E-state index contributed by atoms with van der Waals surface area (Å²) in [4.78, 5) is 7.13. The van der Waals surface area contributed by atoms with Gasteiger partial charge in [-0.2, -0.15) is 19.7 Å². The van der Waals surface area contributed by atoms with Gasteiger partial charge in [-0.15, -0.1) is 0 Å². The van der Waals surface area contributed by atoms with Gasteiger partial charge in [-0.05, 0) is 50.9 Å². The zero-order chi connectivity index (χ0) is 20.1. The van der Waals surface area contributed by atoms with Crippen molar-refractivity contribution < 1.29 is 4.74 Å². The topological polar surface area (TPSA) is 91.7 Å². The third-order valence-electron chi connectivity index (χ3n) is 6.08. The number of hydrazone groups is 2. The number of methoxy groups -OCH3 is 1. The molecule has 1 atom stereocenters. The van der Waals surface area contributed by atoms with Crippen LogP contribution < -0.4 is 10.5 Å². The van der Waals surface area contributed by atoms with Gasteiger partial charge in [-0.1, -0.05) is 0 Å². The summed E-state index contributed by atoms with van der Waals surface area (Å²) in [6.07, 6.45) is 4.02. The summed E-state index contributed by atoms with van der Waals surface area (Å²) >= 11 is 1.51. The molecule has 0 bridgehead atoms. The van der Waals surface area contributed by atoms with E-state index in [1.54, 1.807) is 12.2 Å². The summed E-state index contributed by atoms with van der Waals surface area (Å²) in [5.41, 5.74) is 13.5. The molecule has 2 N–H and O–H groups in total. The van der Waals surface area contributed by atoms with Gasteiger partial charge >= 0.3 is 0 Å². The highest BCUT2D eigenvalue weighted by atomic mass is 32.2. The fourth-order valence-electron chi connectivity index (χ4n) is 4.47. The normalized spacial score (nSPS) is 23.8. The second-order valence-corrected chi connectivity index (χ2v) is 8.56. The Kier molecular flexibility index (Phi) is 4.59. The van der Waals surface area contributed by atoms with E-state index in [4.69, 9.17) is 20.7 Å². The monoisotopic (exact) mass is 411 g/mol. The van der Waals surface area contributed by atoms with Crippen molar-refractivity contribution in [1.82, 2.24) is 15.0 Å². The number of nitrogens with two attached hydrogens (primary N) is 1. The third-order valence-corrected chi connectivity index (χ3v) is 6.85. The summed E-state index contributed by atoms with van der Waals surface area (Å²) in [6.45, 7) is 6.79. The van der Waals surface area contributed by atoms with E-state index < -0.39 is 0 Å². The van der Waals surface area contributed by atoms with E-state index in [9.17, 15) is 0 Å². The highest BCUT2D eigenvalue weighted by molar-refractivity contribution is 7.98. The molecule has 0 radical (unpaired) electrons. The summed E-state index contributed by atoms with van der Waals surface area (Å²) in [7, 11) is 1.69. The number of hydrogen-bond donors (Lipinski definition) is 1. The van der Waals surface area contributed by atoms with Crippen molar-refractivity contribution in [2.45, 2.75) is 39.3 Å². The van der Waals surface area contributed by atoms with E-state index in [-0.39, 0.29) is 0 Å². The van der Waals surface area contributed by atoms with Gasteiger partial charge in [0.2, 0.25) is 0 Å². The van der Waals surface area contributed by atoms with Gasteiger partial charge in [-0.25, -0.2) is 0 Å². The van der Waals surface area contributed by atoms with Crippen molar-refractivity contribution in [1.29, 1.82) is 0 Å². The van der Waals surface area contributed by atoms with Crippen LogP contribution in [-0.2, 0) is 6.54 Å². The summed E-state index contributed by atoms with van der Waals surface area (Å²) in [6, 6.07) is 0.399. The van der Waals surface area contributed by atoms with Crippen molar-refractivity contribution >= 4 is 29.2 Å². The number of nitrogens with zero attached hydrogens (tertiary/aromatic N) is 6. The van der Waals surface area contributed by atoms with Crippen LogP contribution in [0, 0.1) is 13.8 Å². The van der Waals surface area contributed by atoms with Crippen molar-refractivity contribution in [2.24, 2.45) is 20.3 Å². The maximum Gasteiger partial charge on any atom is 0.160 e. The number of likely N-dealkylation sites (tertiary alicyclic amines) is 1. The van der Waals surface area contributed by atoms with Gasteiger partial charge in [0.1, 0.15) is 18.0 Å². The van der Waals surface area contributed by atoms with Crippen molar-refractivity contribution in [2.75, 3.05) is 26.0 Å². The minimum atomic E-state index is 0.399. The summed E-state index contributed by atoms with van der Waals surface area (Å²) in [5, 5.41) is 11.4. The van der Waals surface area contributed by atoms with Crippen LogP contribution in [-0.4, -0.2) is 64.3 Å². The Morgan fingerprint density at radius 1 is 1.28 bits per heavy atom. The molecule has 4 aliphatic rings. The summed E-state index contributed by atoms with van der Waals surface area (Å²) in [5.74, 6) is 2.19. The van der Waals surface area contributed by atoms with E-state index in [1.807, 2.05) is 20.0 Å². The Bertz CT molecular complexity index is 993. The number of aromatic nitrogens is 1. The number of hydrogen-bond acceptors (Lipinski definition) is 9. The van der Waals surface area contributed by atoms with Crippen LogP contribution in [0.2, 0.25) is 0 Å². The van der Waals surface area contributed by atoms with E-state index in [2.05, 4.69) is 14.3 Å². The minimum absolute atomic E-state index is 0.399. The molecule has 152 valence electrons. The SMILES string of the molecule is COc1c(C)cnc(CN2N=C3CC(N4CCC4)C4=C3C(=N2)C(N)=NSC4)c1C. The highest BCUT2D eigenvalue weighted by Gasteiger charge is 2.42. The Morgan fingerprint density at radius 3 is 2.83 bits per heavy atom. The number of ether oxygens (including phenoxy) is 1. The first-order chi connectivity index (χ1) is 14.1. The molecule has 29 heavy (non-hydrogen) atoms. The van der Waals surface area contributed by atoms with Crippen LogP contribution in [0.25, 0.3) is 0 Å². The highest BCUT2D eigenvalue weighted by Crippen LogP contribution is 2.38. The lowest BCUT2D eigenvalue weighted by Crippen LogP contribution is -2.45. The molecule has 5 rings (SSSR count). The van der Waals surface area contributed by atoms with Crippen molar-refractivity contribution in [3.05, 3.63) is 34.2 Å². The van der Waals surface area contributed by atoms with Gasteiger partial charge in [0.25, 0.3) is 0 Å². The van der Waals surface area contributed by atoms with E-state index in [0.29, 0.717) is 18.4 Å². The Labute approximate surface area is 174 Å². The molecule has 3 aliphatic heterocycles. The largest absolute Gasteiger partial charge is 0.496 e. The van der Waals surface area contributed by atoms with Crippen molar-refractivity contribution in [3.63, 3.8) is 0 Å². The number of pyridine rings is 1. The third kappa shape index (κ3) is 3.03. The average Bonchev–Trinajstić information content (AvgIpc) is 2.90. The van der Waals surface area contributed by atoms with Crippen molar-refractivity contribution in [3.8, 4) is 5.75 Å². The fraction of sp³-hybridized carbons (Fsp3) is 0.500. The molecule has 1 aromatic heterocycles. The molecule has 1 unspecified atom stereocenters. The van der Waals surface area contributed by atoms with E-state index in [1.165, 1.54) is 23.9 Å². The first-order valence-corrected chi connectivity index (χ1v) is 10.9. The second-order valence-electron chi connectivity index (χ2n) is 7.83. The lowest BCUT2D eigenvalue weighted by atomic mass is 10.0. The maximum atomic E-state index is 6.29. The molecule has 1 saturated heterocycles. The zero-order valence-corrected chi connectivity index (χ0v) is 17.8. The first kappa shape index (κ1) is 18.6. The Morgan fingerprint density at radius 2 is 2.10 bits per heavy atom. The number of amidine groups is 1. The second kappa shape index (κ2) is 7.14. The molecule has 1 fully saturated rings. The molecule has 9 heteroatoms. The predicted octanol–water partition coefficient (Wildman–Crippen LogP) is 2.03. The van der Waals surface area contributed by atoms with E-state index >= 15 is 0 Å². The Balaban J connectivity index is 1.51. The van der Waals surface area contributed by atoms with E-state index in [0.717, 1.165) is 64.8 Å². The number of aryl methyl sites for hydroxylation is 1. The smallest absolute Gasteiger partial charge is 0.160 e. The molecule has 4 heterocycles. The molecule has 8 nitrogen and oxygen atoms in total. The van der Waals surface area contributed by atoms with Crippen LogP contribution in [0.3, 0.4) is 0 Å². The molecule has 0 aromatic carbocycles. The number of rotatable bonds is 4. The fourth-order valence-corrected chi connectivity index (χ4v) is 5.23. The zero-order valence-electron chi connectivity index (χ0n) is 17.0. The average molecular weight is 412 g/mol. The van der Waals surface area contributed by atoms with Crippen LogP contribution in [0.5, 0.6) is 5.75 Å². The first-order valence-electron chi connectivity index (χ1n) is 9.93. The minimum Gasteiger partial charge on any atom is -0.496 e. The quantitative estimate of drug-likeness (QED) is 0.763. The molecule has 0 amide bonds. The molecule has 0 saturated carbocycles. The van der Waals surface area contributed by atoms with Gasteiger partial charge in [-0.3, -0.25) is 9.88 Å². The van der Waals surface area contributed by atoms with Gasteiger partial charge < -0.3 is 10.5 Å². The lowest BCUT2D eigenvalue weighted by Gasteiger charge is -2.37. The summed E-state index contributed by atoms with van der Waals surface area (Å²) < 4.78 is 10.0. The predicted molar refractivity (Wildman–Crippen MR) is 116 cm³/mol. The molecule has 1 aromatic rings. The molecular weight excluding hydrogens is 386 g/mol. The van der Waals surface area contributed by atoms with Gasteiger partial charge in [0.05, 0.1) is 18.5 Å². The van der Waals surface area contributed by atoms with Crippen LogP contribution in [0.15, 0.2) is 31.9 Å². The van der Waals surface area contributed by atoms with Crippen LogP contribution in [0.4, 0.5) is 0 Å². The van der Waals surface area contributed by atoms with Gasteiger partial charge in [0.15, 0.2) is 5.84 Å². The van der Waals surface area contributed by atoms with Gasteiger partial charge in [0, 0.05) is 41.1 Å². The standard InChI is InChI=1S/C20H25N7OS/c1-11-8-22-15(12(2)19(11)28-3)9-27-23-14-7-16(26-5-4-6-26)13-10-29-25-20(21)18(24-27)17(13)14/h8,16H,4-7,9-10H2,1-3H3,(H2,21,25). The van der Waals surface area contributed by atoms with Crippen LogP contribution in [0.1, 0.15) is 29.7 Å².